The molecule has 0 saturated heterocycles. The molecule has 0 unspecified atom stereocenters. The Bertz CT molecular complexity index is 53.9. The van der Waals surface area contributed by atoms with Crippen molar-refractivity contribution >= 4 is 11.8 Å². The van der Waals surface area contributed by atoms with Gasteiger partial charge in [-0.1, -0.05) is 46.0 Å². The number of rotatable bonds is 8. The Kier molecular flexibility index (Phi) is 10.7. The van der Waals surface area contributed by atoms with Crippen LogP contribution in [0.2, 0.25) is 0 Å². The summed E-state index contributed by atoms with van der Waals surface area (Å²) in [6, 6.07) is 0. The molecule has 0 atom stereocenters. The van der Waals surface area contributed by atoms with E-state index in [0.717, 1.165) is 6.42 Å². The van der Waals surface area contributed by atoms with Gasteiger partial charge in [-0.05, 0) is 17.9 Å². The molecule has 0 aliphatic heterocycles. The van der Waals surface area contributed by atoms with Gasteiger partial charge in [0, 0.05) is 0 Å². The summed E-state index contributed by atoms with van der Waals surface area (Å²) in [6.07, 6.45) is 8.08. The Morgan fingerprint density at radius 1 is 1.00 bits per heavy atom. The SMILES string of the molecule is [CH2]CCCCCCCSCC. The van der Waals surface area contributed by atoms with Crippen molar-refractivity contribution < 1.29 is 0 Å². The van der Waals surface area contributed by atoms with E-state index >= 15 is 0 Å². The van der Waals surface area contributed by atoms with Crippen molar-refractivity contribution in [3.05, 3.63) is 6.92 Å². The maximum atomic E-state index is 3.83. The van der Waals surface area contributed by atoms with E-state index in [9.17, 15) is 0 Å². The molecule has 0 aliphatic carbocycles. The molecule has 0 nitrogen and oxygen atoms in total. The van der Waals surface area contributed by atoms with Crippen molar-refractivity contribution in [2.45, 2.75) is 45.4 Å². The lowest BCUT2D eigenvalue weighted by Gasteiger charge is -1.98. The van der Waals surface area contributed by atoms with Crippen LogP contribution >= 0.6 is 11.8 Å². The van der Waals surface area contributed by atoms with Gasteiger partial charge >= 0.3 is 0 Å². The minimum atomic E-state index is 1.11. The molecule has 1 heteroatoms. The molecule has 0 aromatic carbocycles. The van der Waals surface area contributed by atoms with Crippen LogP contribution in [0.4, 0.5) is 0 Å². The molecule has 0 amide bonds. The Morgan fingerprint density at radius 3 is 2.27 bits per heavy atom. The monoisotopic (exact) mass is 173 g/mol. The lowest BCUT2D eigenvalue weighted by Crippen LogP contribution is -1.82. The van der Waals surface area contributed by atoms with Crippen LogP contribution < -0.4 is 0 Å². The molecular formula is C10H21S. The zero-order valence-electron chi connectivity index (χ0n) is 7.77. The highest BCUT2D eigenvalue weighted by Gasteiger charge is 1.89. The molecular weight excluding hydrogens is 152 g/mol. The molecule has 0 heterocycles. The van der Waals surface area contributed by atoms with E-state index in [-0.39, 0.29) is 0 Å². The van der Waals surface area contributed by atoms with Crippen LogP contribution in [0, 0.1) is 6.92 Å². The topological polar surface area (TPSA) is 0 Å². The third-order valence-electron chi connectivity index (χ3n) is 1.74. The first-order valence-corrected chi connectivity index (χ1v) is 5.94. The summed E-state index contributed by atoms with van der Waals surface area (Å²) in [6.45, 7) is 6.06. The average Bonchev–Trinajstić information content (AvgIpc) is 2.03. The summed E-state index contributed by atoms with van der Waals surface area (Å²) in [4.78, 5) is 0. The van der Waals surface area contributed by atoms with Crippen LogP contribution in [0.3, 0.4) is 0 Å². The Balaban J connectivity index is 2.69. The predicted octanol–water partition coefficient (Wildman–Crippen LogP) is 3.91. The summed E-state index contributed by atoms with van der Waals surface area (Å²) < 4.78 is 0. The van der Waals surface area contributed by atoms with E-state index in [0.29, 0.717) is 0 Å². The van der Waals surface area contributed by atoms with Crippen molar-refractivity contribution in [1.82, 2.24) is 0 Å². The van der Waals surface area contributed by atoms with Crippen LogP contribution in [0.1, 0.15) is 45.4 Å². The number of unbranched alkanes of at least 4 members (excludes halogenated alkanes) is 5. The van der Waals surface area contributed by atoms with Gasteiger partial charge in [0.2, 0.25) is 0 Å². The molecule has 11 heavy (non-hydrogen) atoms. The molecule has 0 fully saturated rings. The second-order valence-electron chi connectivity index (χ2n) is 2.82. The highest BCUT2D eigenvalue weighted by molar-refractivity contribution is 7.99. The lowest BCUT2D eigenvalue weighted by molar-refractivity contribution is 0.639. The van der Waals surface area contributed by atoms with Crippen molar-refractivity contribution in [3.8, 4) is 0 Å². The second kappa shape index (κ2) is 10.3. The third-order valence-corrected chi connectivity index (χ3v) is 2.73. The lowest BCUT2D eigenvalue weighted by atomic mass is 10.1. The van der Waals surface area contributed by atoms with Gasteiger partial charge in [0.1, 0.15) is 0 Å². The quantitative estimate of drug-likeness (QED) is 0.501. The van der Waals surface area contributed by atoms with Gasteiger partial charge in [0.25, 0.3) is 0 Å². The zero-order chi connectivity index (χ0) is 8.36. The largest absolute Gasteiger partial charge is 0.162 e. The Labute approximate surface area is 76.1 Å². The highest BCUT2D eigenvalue weighted by Crippen LogP contribution is 2.08. The van der Waals surface area contributed by atoms with E-state index < -0.39 is 0 Å². The third kappa shape index (κ3) is 10.4. The number of hydrogen-bond acceptors (Lipinski definition) is 1. The number of hydrogen-bond donors (Lipinski definition) is 0. The van der Waals surface area contributed by atoms with E-state index in [1.54, 1.807) is 0 Å². The van der Waals surface area contributed by atoms with Crippen LogP contribution in [0.25, 0.3) is 0 Å². The van der Waals surface area contributed by atoms with Gasteiger partial charge < -0.3 is 0 Å². The number of thioether (sulfide) groups is 1. The van der Waals surface area contributed by atoms with Gasteiger partial charge in [0.05, 0.1) is 0 Å². The van der Waals surface area contributed by atoms with Crippen LogP contribution in [0.5, 0.6) is 0 Å². The normalized spacial score (nSPS) is 10.4. The smallest absolute Gasteiger partial charge is 0.00676 e. The molecule has 0 aromatic rings. The Morgan fingerprint density at radius 2 is 1.64 bits per heavy atom. The first-order chi connectivity index (χ1) is 5.41. The average molecular weight is 173 g/mol. The van der Waals surface area contributed by atoms with Gasteiger partial charge in [-0.2, -0.15) is 11.8 Å². The maximum absolute atomic E-state index is 3.83. The van der Waals surface area contributed by atoms with Gasteiger partial charge in [-0.25, -0.2) is 0 Å². The van der Waals surface area contributed by atoms with Crippen LogP contribution in [0.15, 0.2) is 0 Å². The molecule has 0 bridgehead atoms. The van der Waals surface area contributed by atoms with Gasteiger partial charge in [-0.15, -0.1) is 0 Å². The molecule has 0 rings (SSSR count). The van der Waals surface area contributed by atoms with Crippen molar-refractivity contribution in [2.24, 2.45) is 0 Å². The summed E-state index contributed by atoms with van der Waals surface area (Å²) >= 11 is 2.06. The van der Waals surface area contributed by atoms with Crippen molar-refractivity contribution in [3.63, 3.8) is 0 Å². The van der Waals surface area contributed by atoms with Crippen molar-refractivity contribution in [1.29, 1.82) is 0 Å². The van der Waals surface area contributed by atoms with E-state index in [2.05, 4.69) is 25.6 Å². The van der Waals surface area contributed by atoms with Crippen molar-refractivity contribution in [2.75, 3.05) is 11.5 Å². The minimum absolute atomic E-state index is 1.11. The van der Waals surface area contributed by atoms with E-state index in [1.165, 1.54) is 43.6 Å². The van der Waals surface area contributed by atoms with Crippen LogP contribution in [-0.2, 0) is 0 Å². The van der Waals surface area contributed by atoms with E-state index in [1.807, 2.05) is 0 Å². The maximum Gasteiger partial charge on any atom is -0.00676 e. The van der Waals surface area contributed by atoms with Gasteiger partial charge in [0.15, 0.2) is 0 Å². The summed E-state index contributed by atoms with van der Waals surface area (Å²) in [5.41, 5.74) is 0. The van der Waals surface area contributed by atoms with Gasteiger partial charge in [-0.3, -0.25) is 0 Å². The Hall–Kier alpha value is 0.350. The minimum Gasteiger partial charge on any atom is -0.162 e. The standard InChI is InChI=1S/C10H21S/c1-3-5-6-7-8-9-10-11-4-2/h1,3-10H2,2H3. The molecule has 0 saturated carbocycles. The summed E-state index contributed by atoms with van der Waals surface area (Å²) in [7, 11) is 0. The fourth-order valence-electron chi connectivity index (χ4n) is 1.06. The molecule has 0 aromatic heterocycles. The first kappa shape index (κ1) is 11.4. The zero-order valence-corrected chi connectivity index (χ0v) is 8.59. The fraction of sp³-hybridized carbons (Fsp3) is 0.900. The summed E-state index contributed by atoms with van der Waals surface area (Å²) in [5, 5.41) is 0. The molecule has 0 spiro atoms. The van der Waals surface area contributed by atoms with Crippen LogP contribution in [-0.4, -0.2) is 11.5 Å². The molecule has 0 aliphatic rings. The fourth-order valence-corrected chi connectivity index (χ4v) is 1.75. The van der Waals surface area contributed by atoms with E-state index in [4.69, 9.17) is 0 Å². The molecule has 67 valence electrons. The molecule has 0 N–H and O–H groups in total. The first-order valence-electron chi connectivity index (χ1n) is 4.78. The second-order valence-corrected chi connectivity index (χ2v) is 4.21. The predicted molar refractivity (Wildman–Crippen MR) is 56.1 cm³/mol. The summed E-state index contributed by atoms with van der Waals surface area (Å²) in [5.74, 6) is 2.64. The molecule has 1 radical (unpaired) electrons. The highest BCUT2D eigenvalue weighted by atomic mass is 32.2.